The van der Waals surface area contributed by atoms with Gasteiger partial charge in [-0.05, 0) is 24.3 Å². The molecule has 17 heavy (non-hydrogen) atoms. The number of hydrogen-bond acceptors (Lipinski definition) is 5. The zero-order chi connectivity index (χ0) is 12.7. The first-order chi connectivity index (χ1) is 8.11. The van der Waals surface area contributed by atoms with Gasteiger partial charge in [-0.25, -0.2) is 9.59 Å². The molecular weight excluding hydrogens is 228 g/mol. The van der Waals surface area contributed by atoms with E-state index < -0.39 is 18.5 Å². The fourth-order valence-corrected chi connectivity index (χ4v) is 0.978. The molecule has 1 aromatic rings. The van der Waals surface area contributed by atoms with Crippen LogP contribution in [-0.2, 0) is 14.3 Å². The maximum atomic E-state index is 10.8. The minimum absolute atomic E-state index is 0.175. The third-order valence-electron chi connectivity index (χ3n) is 1.77. The monoisotopic (exact) mass is 240 g/mol. The average Bonchev–Trinajstić information content (AvgIpc) is 2.34. The fourth-order valence-electron chi connectivity index (χ4n) is 0.978. The van der Waals surface area contributed by atoms with Crippen LogP contribution in [0.15, 0.2) is 24.3 Å². The molecule has 6 heteroatoms. The smallest absolute Gasteiger partial charge is 0.343 e. The number of methoxy groups -OCH3 is 1. The number of aliphatic carboxylic acids is 1. The van der Waals surface area contributed by atoms with Crippen LogP contribution >= 0.6 is 0 Å². The molecule has 1 N–H and O–H groups in total. The van der Waals surface area contributed by atoms with Crippen molar-refractivity contribution in [3.05, 3.63) is 24.3 Å². The van der Waals surface area contributed by atoms with Crippen molar-refractivity contribution in [2.24, 2.45) is 0 Å². The summed E-state index contributed by atoms with van der Waals surface area (Å²) in [4.78, 5) is 21.0. The first-order valence-electron chi connectivity index (χ1n) is 4.76. The van der Waals surface area contributed by atoms with Gasteiger partial charge in [0.2, 0.25) is 0 Å². The van der Waals surface area contributed by atoms with E-state index in [4.69, 9.17) is 14.6 Å². The number of carbonyl (C=O) groups is 2. The number of benzene rings is 1. The van der Waals surface area contributed by atoms with Gasteiger partial charge in [0.05, 0.1) is 7.11 Å². The molecule has 0 radical (unpaired) electrons. The van der Waals surface area contributed by atoms with Crippen molar-refractivity contribution in [2.45, 2.75) is 0 Å². The summed E-state index contributed by atoms with van der Waals surface area (Å²) in [6.45, 7) is -0.575. The average molecular weight is 240 g/mol. The Kier molecular flexibility index (Phi) is 4.80. The molecule has 0 amide bonds. The molecule has 0 fully saturated rings. The van der Waals surface area contributed by atoms with Gasteiger partial charge in [-0.15, -0.1) is 0 Å². The Morgan fingerprint density at radius 2 is 1.53 bits per heavy atom. The number of carbonyl (C=O) groups excluding carboxylic acids is 1. The van der Waals surface area contributed by atoms with Crippen molar-refractivity contribution >= 4 is 11.9 Å². The zero-order valence-corrected chi connectivity index (χ0v) is 9.21. The van der Waals surface area contributed by atoms with E-state index in [2.05, 4.69) is 4.74 Å². The molecular formula is C11H12O6. The predicted octanol–water partition coefficient (Wildman–Crippen LogP) is 0.702. The van der Waals surface area contributed by atoms with Crippen molar-refractivity contribution in [3.63, 3.8) is 0 Å². The van der Waals surface area contributed by atoms with E-state index in [1.165, 1.54) is 7.11 Å². The van der Waals surface area contributed by atoms with Gasteiger partial charge in [0, 0.05) is 0 Å². The number of hydrogen-bond donors (Lipinski definition) is 1. The lowest BCUT2D eigenvalue weighted by atomic mass is 10.3. The molecule has 6 nitrogen and oxygen atoms in total. The first kappa shape index (κ1) is 12.8. The van der Waals surface area contributed by atoms with Crippen molar-refractivity contribution < 1.29 is 28.9 Å². The summed E-state index contributed by atoms with van der Waals surface area (Å²) in [7, 11) is 1.27. The lowest BCUT2D eigenvalue weighted by molar-refractivity contribution is -0.143. The van der Waals surface area contributed by atoms with Crippen molar-refractivity contribution in [2.75, 3.05) is 20.3 Å². The van der Waals surface area contributed by atoms with Gasteiger partial charge in [0.1, 0.15) is 11.5 Å². The van der Waals surface area contributed by atoms with Crippen LogP contribution < -0.4 is 9.47 Å². The predicted molar refractivity (Wildman–Crippen MR) is 57.1 cm³/mol. The van der Waals surface area contributed by atoms with E-state index in [1.54, 1.807) is 24.3 Å². The minimum atomic E-state index is -1.05. The number of carboxylic acid groups (broad SMARTS) is 1. The third kappa shape index (κ3) is 4.87. The summed E-state index contributed by atoms with van der Waals surface area (Å²) in [6.07, 6.45) is 0. The fraction of sp³-hybridized carbons (Fsp3) is 0.273. The molecule has 1 rings (SSSR count). The summed E-state index contributed by atoms with van der Waals surface area (Å²) in [5.41, 5.74) is 0. The van der Waals surface area contributed by atoms with Gasteiger partial charge in [0.15, 0.2) is 13.2 Å². The topological polar surface area (TPSA) is 82.1 Å². The van der Waals surface area contributed by atoms with E-state index in [0.717, 1.165) is 0 Å². The Balaban J connectivity index is 2.44. The second-order valence-corrected chi connectivity index (χ2v) is 3.02. The Morgan fingerprint density at radius 3 is 1.94 bits per heavy atom. The SMILES string of the molecule is COC(=O)COc1ccc(OCC(=O)O)cc1. The zero-order valence-electron chi connectivity index (χ0n) is 9.21. The van der Waals surface area contributed by atoms with E-state index in [0.29, 0.717) is 11.5 Å². The lowest BCUT2D eigenvalue weighted by Gasteiger charge is -2.06. The van der Waals surface area contributed by atoms with E-state index in [9.17, 15) is 9.59 Å². The largest absolute Gasteiger partial charge is 0.482 e. The molecule has 1 aromatic carbocycles. The molecule has 0 unspecified atom stereocenters. The highest BCUT2D eigenvalue weighted by Gasteiger charge is 2.03. The van der Waals surface area contributed by atoms with Crippen LogP contribution in [0.4, 0.5) is 0 Å². The summed E-state index contributed by atoms with van der Waals surface area (Å²) in [5.74, 6) is -0.636. The van der Waals surface area contributed by atoms with E-state index in [-0.39, 0.29) is 6.61 Å². The van der Waals surface area contributed by atoms with Gasteiger partial charge in [0.25, 0.3) is 0 Å². The summed E-state index contributed by atoms with van der Waals surface area (Å²) in [6, 6.07) is 6.24. The maximum Gasteiger partial charge on any atom is 0.343 e. The second kappa shape index (κ2) is 6.37. The van der Waals surface area contributed by atoms with Crippen LogP contribution in [0.5, 0.6) is 11.5 Å². The number of esters is 1. The molecule has 0 spiro atoms. The second-order valence-electron chi connectivity index (χ2n) is 3.02. The van der Waals surface area contributed by atoms with Crippen LogP contribution in [0.25, 0.3) is 0 Å². The molecule has 0 aliphatic carbocycles. The molecule has 0 saturated heterocycles. The molecule has 0 aliphatic rings. The Morgan fingerprint density at radius 1 is 1.06 bits per heavy atom. The van der Waals surface area contributed by atoms with Crippen molar-refractivity contribution in [3.8, 4) is 11.5 Å². The molecule has 0 heterocycles. The van der Waals surface area contributed by atoms with Gasteiger partial charge in [-0.2, -0.15) is 0 Å². The quantitative estimate of drug-likeness (QED) is 0.737. The highest BCUT2D eigenvalue weighted by molar-refractivity contribution is 5.70. The molecule has 0 aromatic heterocycles. The van der Waals surface area contributed by atoms with Gasteiger partial charge < -0.3 is 19.3 Å². The Hall–Kier alpha value is -2.24. The number of ether oxygens (including phenoxy) is 3. The first-order valence-corrected chi connectivity index (χ1v) is 4.76. The van der Waals surface area contributed by atoms with E-state index in [1.807, 2.05) is 0 Å². The van der Waals surface area contributed by atoms with Crippen LogP contribution in [0.3, 0.4) is 0 Å². The normalized spacial score (nSPS) is 9.47. The highest BCUT2D eigenvalue weighted by atomic mass is 16.6. The molecule has 0 bridgehead atoms. The van der Waals surface area contributed by atoms with Crippen LogP contribution in [0, 0.1) is 0 Å². The third-order valence-corrected chi connectivity index (χ3v) is 1.77. The van der Waals surface area contributed by atoms with Crippen LogP contribution in [-0.4, -0.2) is 37.4 Å². The molecule has 92 valence electrons. The van der Waals surface area contributed by atoms with Crippen LogP contribution in [0.1, 0.15) is 0 Å². The summed E-state index contributed by atoms with van der Waals surface area (Å²) in [5, 5.41) is 8.40. The highest BCUT2D eigenvalue weighted by Crippen LogP contribution is 2.17. The number of carboxylic acids is 1. The molecule has 0 saturated carbocycles. The standard InChI is InChI=1S/C11H12O6/c1-15-11(14)7-17-9-4-2-8(3-5-9)16-6-10(12)13/h2-5H,6-7H2,1H3,(H,12,13). The lowest BCUT2D eigenvalue weighted by Crippen LogP contribution is -2.12. The van der Waals surface area contributed by atoms with Crippen molar-refractivity contribution in [1.82, 2.24) is 0 Å². The molecule has 0 aliphatic heterocycles. The number of rotatable bonds is 6. The maximum absolute atomic E-state index is 10.8. The van der Waals surface area contributed by atoms with Gasteiger partial charge in [-0.3, -0.25) is 0 Å². The Labute approximate surface area is 97.7 Å². The summed E-state index contributed by atoms with van der Waals surface area (Å²) >= 11 is 0. The molecule has 0 atom stereocenters. The van der Waals surface area contributed by atoms with Gasteiger partial charge >= 0.3 is 11.9 Å². The van der Waals surface area contributed by atoms with E-state index >= 15 is 0 Å². The van der Waals surface area contributed by atoms with Gasteiger partial charge in [-0.1, -0.05) is 0 Å². The minimum Gasteiger partial charge on any atom is -0.482 e. The Bertz CT molecular complexity index is 383. The van der Waals surface area contributed by atoms with Crippen molar-refractivity contribution in [1.29, 1.82) is 0 Å². The summed E-state index contributed by atoms with van der Waals surface area (Å²) < 4.78 is 14.4. The van der Waals surface area contributed by atoms with Crippen LogP contribution in [0.2, 0.25) is 0 Å².